The molecule has 0 aliphatic carbocycles. The van der Waals surface area contributed by atoms with Gasteiger partial charge in [0, 0.05) is 12.6 Å². The molecule has 2 aromatic carbocycles. The van der Waals surface area contributed by atoms with Crippen LogP contribution in [0.2, 0.25) is 0 Å². The van der Waals surface area contributed by atoms with Gasteiger partial charge in [-0.1, -0.05) is 80.1 Å². The average molecular weight is 676 g/mol. The number of rotatable bonds is 14. The van der Waals surface area contributed by atoms with Crippen molar-refractivity contribution in [3.8, 4) is 0 Å². The van der Waals surface area contributed by atoms with Gasteiger partial charge < -0.3 is 21.3 Å². The number of carbonyl (C=O) groups is 5. The zero-order chi connectivity index (χ0) is 35.6. The van der Waals surface area contributed by atoms with E-state index < -0.39 is 72.1 Å². The SMILES string of the molecule is Cc1cccc(CC(NC(=O)c2ccccn2)C(=O)NC(C(=O)N[C@H](C(=O)C(F)(F)C(=O)NCC(F)(F)F)C(C)C)c2ccccc2)c1. The first-order valence-electron chi connectivity index (χ1n) is 14.7. The number of alkyl halides is 5. The molecule has 3 rings (SSSR count). The summed E-state index contributed by atoms with van der Waals surface area (Å²) >= 11 is 0. The number of Topliss-reactive ketones (excluding diaryl/α,β-unsaturated/α-hetero) is 1. The van der Waals surface area contributed by atoms with Gasteiger partial charge in [-0.2, -0.15) is 22.0 Å². The molecule has 0 aliphatic rings. The predicted molar refractivity (Wildman–Crippen MR) is 163 cm³/mol. The highest BCUT2D eigenvalue weighted by atomic mass is 19.4. The van der Waals surface area contributed by atoms with Gasteiger partial charge in [0.1, 0.15) is 24.3 Å². The Bertz CT molecular complexity index is 1600. The molecule has 256 valence electrons. The van der Waals surface area contributed by atoms with Crippen LogP contribution < -0.4 is 21.3 Å². The Morgan fingerprint density at radius 2 is 1.46 bits per heavy atom. The number of nitrogens with zero attached hydrogens (tertiary/aromatic N) is 1. The van der Waals surface area contributed by atoms with Crippen LogP contribution in [0.25, 0.3) is 0 Å². The van der Waals surface area contributed by atoms with E-state index in [9.17, 15) is 45.9 Å². The van der Waals surface area contributed by atoms with Gasteiger partial charge in [-0.3, -0.25) is 29.0 Å². The van der Waals surface area contributed by atoms with Crippen LogP contribution in [-0.4, -0.2) is 65.1 Å². The molecular formula is C33H34F5N5O5. The first-order chi connectivity index (χ1) is 22.5. The lowest BCUT2D eigenvalue weighted by atomic mass is 9.94. The van der Waals surface area contributed by atoms with Crippen LogP contribution in [-0.2, 0) is 25.6 Å². The number of pyridine rings is 1. The maximum Gasteiger partial charge on any atom is 0.405 e. The zero-order valence-electron chi connectivity index (χ0n) is 26.1. The quantitative estimate of drug-likeness (QED) is 0.152. The smallest absolute Gasteiger partial charge is 0.344 e. The van der Waals surface area contributed by atoms with Crippen LogP contribution in [0, 0.1) is 12.8 Å². The maximum absolute atomic E-state index is 14.8. The van der Waals surface area contributed by atoms with Gasteiger partial charge in [0.15, 0.2) is 0 Å². The normalized spacial score (nSPS) is 13.5. The number of benzene rings is 2. The topological polar surface area (TPSA) is 146 Å². The molecule has 3 aromatic rings. The molecule has 0 fully saturated rings. The van der Waals surface area contributed by atoms with Gasteiger partial charge in [0.2, 0.25) is 17.6 Å². The predicted octanol–water partition coefficient (Wildman–Crippen LogP) is 3.61. The van der Waals surface area contributed by atoms with Crippen molar-refractivity contribution in [2.45, 2.75) is 57.4 Å². The van der Waals surface area contributed by atoms with E-state index in [4.69, 9.17) is 0 Å². The van der Waals surface area contributed by atoms with E-state index in [1.54, 1.807) is 36.4 Å². The molecule has 4 N–H and O–H groups in total. The second-order valence-corrected chi connectivity index (χ2v) is 11.3. The first kappa shape index (κ1) is 37.2. The van der Waals surface area contributed by atoms with Gasteiger partial charge in [-0.15, -0.1) is 0 Å². The number of aryl methyl sites for hydroxylation is 1. The number of aromatic nitrogens is 1. The maximum atomic E-state index is 14.8. The van der Waals surface area contributed by atoms with E-state index >= 15 is 0 Å². The fourth-order valence-corrected chi connectivity index (χ4v) is 4.57. The molecule has 4 amide bonds. The van der Waals surface area contributed by atoms with E-state index in [0.717, 1.165) is 10.9 Å². The second kappa shape index (κ2) is 16.1. The van der Waals surface area contributed by atoms with Crippen LogP contribution in [0.1, 0.15) is 47.1 Å². The number of nitrogens with one attached hydrogen (secondary N) is 4. The minimum Gasteiger partial charge on any atom is -0.344 e. The molecule has 10 nitrogen and oxygen atoms in total. The Balaban J connectivity index is 1.90. The summed E-state index contributed by atoms with van der Waals surface area (Å²) in [7, 11) is 0. The highest BCUT2D eigenvalue weighted by Gasteiger charge is 2.52. The highest BCUT2D eigenvalue weighted by molar-refractivity contribution is 6.10. The monoisotopic (exact) mass is 675 g/mol. The first-order valence-corrected chi connectivity index (χ1v) is 14.7. The number of carbonyl (C=O) groups excluding carboxylic acids is 5. The van der Waals surface area contributed by atoms with E-state index in [1.807, 2.05) is 13.0 Å². The molecule has 0 spiro atoms. The molecule has 0 saturated heterocycles. The summed E-state index contributed by atoms with van der Waals surface area (Å²) in [6, 6.07) is 14.3. The Hall–Kier alpha value is -5.21. The van der Waals surface area contributed by atoms with E-state index in [-0.39, 0.29) is 17.7 Å². The minimum absolute atomic E-state index is 0.00961. The van der Waals surface area contributed by atoms with Crippen molar-refractivity contribution in [3.05, 3.63) is 101 Å². The Morgan fingerprint density at radius 3 is 2.04 bits per heavy atom. The summed E-state index contributed by atoms with van der Waals surface area (Å²) in [4.78, 5) is 69.2. The number of hydrogen-bond acceptors (Lipinski definition) is 6. The summed E-state index contributed by atoms with van der Waals surface area (Å²) in [5, 5.41) is 8.24. The van der Waals surface area contributed by atoms with Crippen LogP contribution in [0.5, 0.6) is 0 Å². The van der Waals surface area contributed by atoms with Gasteiger partial charge in [-0.05, 0) is 36.1 Å². The molecule has 0 bridgehead atoms. The molecule has 0 saturated carbocycles. The van der Waals surface area contributed by atoms with E-state index in [1.165, 1.54) is 50.4 Å². The Labute approximate surface area is 272 Å². The van der Waals surface area contributed by atoms with Crippen molar-refractivity contribution in [2.75, 3.05) is 6.54 Å². The average Bonchev–Trinajstić information content (AvgIpc) is 3.04. The molecule has 48 heavy (non-hydrogen) atoms. The van der Waals surface area contributed by atoms with Crippen LogP contribution in [0.4, 0.5) is 22.0 Å². The number of ketones is 1. The molecule has 15 heteroatoms. The lowest BCUT2D eigenvalue weighted by molar-refractivity contribution is -0.165. The standard InChI is InChI=1S/C33H34F5N5O5/c1-19(2)25(27(44)33(37,38)31(48)40-18-32(34,35)36)42-30(47)26(22-12-5-4-6-13-22)43-29(46)24(17-21-11-9-10-20(3)16-21)41-28(45)23-14-7-8-15-39-23/h4-16,19,24-26H,17-18H2,1-3H3,(H,40,48)(H,41,45)(H,42,47)(H,43,46)/t24?,25-,26?/m0/s1. The zero-order valence-corrected chi connectivity index (χ0v) is 26.1. The van der Waals surface area contributed by atoms with Gasteiger partial charge in [-0.25, -0.2) is 0 Å². The molecule has 1 aromatic heterocycles. The molecule has 2 unspecified atom stereocenters. The highest BCUT2D eigenvalue weighted by Crippen LogP contribution is 2.23. The van der Waals surface area contributed by atoms with E-state index in [0.29, 0.717) is 5.56 Å². The van der Waals surface area contributed by atoms with Crippen molar-refractivity contribution in [2.24, 2.45) is 5.92 Å². The van der Waals surface area contributed by atoms with Gasteiger partial charge in [0.25, 0.3) is 11.8 Å². The lowest BCUT2D eigenvalue weighted by Crippen LogP contribution is -2.58. The van der Waals surface area contributed by atoms with Crippen molar-refractivity contribution in [1.82, 2.24) is 26.3 Å². The van der Waals surface area contributed by atoms with Crippen molar-refractivity contribution >= 4 is 29.4 Å². The van der Waals surface area contributed by atoms with Crippen LogP contribution in [0.3, 0.4) is 0 Å². The molecule has 3 atom stereocenters. The van der Waals surface area contributed by atoms with Crippen LogP contribution in [0.15, 0.2) is 79.0 Å². The summed E-state index contributed by atoms with van der Waals surface area (Å²) < 4.78 is 67.1. The van der Waals surface area contributed by atoms with Gasteiger partial charge >= 0.3 is 12.1 Å². The minimum atomic E-state index is -5.02. The van der Waals surface area contributed by atoms with Gasteiger partial charge in [0.05, 0.1) is 6.04 Å². The Morgan fingerprint density at radius 1 is 0.792 bits per heavy atom. The molecular weight excluding hydrogens is 641 g/mol. The summed E-state index contributed by atoms with van der Waals surface area (Å²) in [6.07, 6.45) is -3.66. The number of amides is 4. The van der Waals surface area contributed by atoms with E-state index in [2.05, 4.69) is 20.9 Å². The summed E-state index contributed by atoms with van der Waals surface area (Å²) in [6.45, 7) is 2.27. The van der Waals surface area contributed by atoms with Crippen molar-refractivity contribution in [1.29, 1.82) is 0 Å². The van der Waals surface area contributed by atoms with Crippen LogP contribution >= 0.6 is 0 Å². The summed E-state index contributed by atoms with van der Waals surface area (Å²) in [5.74, 6) is -13.3. The third-order valence-corrected chi connectivity index (χ3v) is 7.01. The summed E-state index contributed by atoms with van der Waals surface area (Å²) in [5.41, 5.74) is 1.71. The lowest BCUT2D eigenvalue weighted by Gasteiger charge is -2.28. The fraction of sp³-hybridized carbons (Fsp3) is 0.333. The molecule has 1 heterocycles. The number of halogens is 5. The number of hydrogen-bond donors (Lipinski definition) is 4. The molecule has 0 radical (unpaired) electrons. The van der Waals surface area contributed by atoms with Crippen molar-refractivity contribution in [3.63, 3.8) is 0 Å². The third kappa shape index (κ3) is 10.4. The molecule has 0 aliphatic heterocycles. The fourth-order valence-electron chi connectivity index (χ4n) is 4.57. The second-order valence-electron chi connectivity index (χ2n) is 11.3. The third-order valence-electron chi connectivity index (χ3n) is 7.01. The largest absolute Gasteiger partial charge is 0.405 e. The van der Waals surface area contributed by atoms with Crippen molar-refractivity contribution < 1.29 is 45.9 Å². The Kier molecular flexibility index (Phi) is 12.5.